The van der Waals surface area contributed by atoms with E-state index in [1.54, 1.807) is 31.4 Å². The van der Waals surface area contributed by atoms with Crippen LogP contribution in [0.1, 0.15) is 24.6 Å². The molecule has 0 bridgehead atoms. The number of H-pyrrole nitrogens is 1. The molecule has 0 aliphatic carbocycles. The number of aromatic amines is 1. The number of nitrogen functional groups attached to an aromatic ring is 1. The molecular formula is C14H19N5O3S. The molecule has 0 unspecified atom stereocenters. The molecule has 1 aromatic carbocycles. The van der Waals surface area contributed by atoms with Crippen LogP contribution in [0, 0.1) is 0 Å². The predicted molar refractivity (Wildman–Crippen MR) is 84.5 cm³/mol. The summed E-state index contributed by atoms with van der Waals surface area (Å²) in [5.74, 6) is 1.73. The highest BCUT2D eigenvalue weighted by atomic mass is 32.2. The normalized spacial score (nSPS) is 17.3. The third-order valence-electron chi connectivity index (χ3n) is 4.06. The van der Waals surface area contributed by atoms with Gasteiger partial charge in [-0.3, -0.25) is 5.10 Å². The molecule has 3 N–H and O–H groups in total. The van der Waals surface area contributed by atoms with Crippen molar-refractivity contribution in [2.24, 2.45) is 0 Å². The van der Waals surface area contributed by atoms with Gasteiger partial charge in [0.15, 0.2) is 0 Å². The quantitative estimate of drug-likeness (QED) is 0.859. The second-order valence-corrected chi connectivity index (χ2v) is 7.37. The molecule has 1 aromatic heterocycles. The third kappa shape index (κ3) is 3.15. The summed E-state index contributed by atoms with van der Waals surface area (Å²) in [6.45, 7) is 0.888. The Morgan fingerprint density at radius 1 is 1.26 bits per heavy atom. The maximum absolute atomic E-state index is 12.7. The summed E-state index contributed by atoms with van der Waals surface area (Å²) >= 11 is 0. The lowest BCUT2D eigenvalue weighted by atomic mass is 9.98. The van der Waals surface area contributed by atoms with E-state index in [0.717, 1.165) is 5.82 Å². The monoisotopic (exact) mass is 337 g/mol. The second-order valence-electron chi connectivity index (χ2n) is 5.43. The maximum atomic E-state index is 12.7. The highest BCUT2D eigenvalue weighted by Crippen LogP contribution is 2.29. The number of ether oxygens (including phenoxy) is 1. The summed E-state index contributed by atoms with van der Waals surface area (Å²) in [4.78, 5) is 4.41. The van der Waals surface area contributed by atoms with Gasteiger partial charge in [0.2, 0.25) is 16.0 Å². The maximum Gasteiger partial charge on any atom is 0.243 e. The van der Waals surface area contributed by atoms with Gasteiger partial charge in [-0.2, -0.15) is 9.29 Å². The summed E-state index contributed by atoms with van der Waals surface area (Å²) in [7, 11) is -1.93. The summed E-state index contributed by atoms with van der Waals surface area (Å²) in [5.41, 5.74) is 5.51. The van der Waals surface area contributed by atoms with Crippen LogP contribution >= 0.6 is 0 Å². The predicted octanol–water partition coefficient (Wildman–Crippen LogP) is 0.964. The number of hydrogen-bond acceptors (Lipinski definition) is 6. The van der Waals surface area contributed by atoms with Gasteiger partial charge in [0.25, 0.3) is 0 Å². The van der Waals surface area contributed by atoms with E-state index in [-0.39, 0.29) is 16.8 Å². The van der Waals surface area contributed by atoms with Crippen LogP contribution in [0.5, 0.6) is 5.75 Å². The average molecular weight is 337 g/mol. The standard InChI is InChI=1S/C14H19N5O3S/c1-22-11-2-4-12(5-3-11)23(20,21)19-8-6-10(7-9-19)13-16-14(15)18-17-13/h2-5,10H,6-9H2,1H3,(H3,15,16,17,18). The Balaban J connectivity index is 1.70. The topological polar surface area (TPSA) is 114 Å². The smallest absolute Gasteiger partial charge is 0.243 e. The number of sulfonamides is 1. The van der Waals surface area contributed by atoms with Crippen LogP contribution in [-0.4, -0.2) is 48.1 Å². The first-order valence-electron chi connectivity index (χ1n) is 7.32. The minimum absolute atomic E-state index is 0.155. The van der Waals surface area contributed by atoms with Crippen molar-refractivity contribution in [3.63, 3.8) is 0 Å². The molecule has 8 nitrogen and oxygen atoms in total. The van der Waals surface area contributed by atoms with Crippen LogP contribution in [0.2, 0.25) is 0 Å². The number of benzene rings is 1. The van der Waals surface area contributed by atoms with E-state index in [4.69, 9.17) is 10.5 Å². The second kappa shape index (κ2) is 6.17. The molecule has 0 spiro atoms. The first kappa shape index (κ1) is 15.8. The van der Waals surface area contributed by atoms with E-state index >= 15 is 0 Å². The molecule has 9 heteroatoms. The highest BCUT2D eigenvalue weighted by molar-refractivity contribution is 7.89. The molecule has 2 heterocycles. The summed E-state index contributed by atoms with van der Waals surface area (Å²) in [5, 5.41) is 6.63. The minimum Gasteiger partial charge on any atom is -0.497 e. The van der Waals surface area contributed by atoms with Gasteiger partial charge in [0.1, 0.15) is 11.6 Å². The summed E-state index contributed by atoms with van der Waals surface area (Å²) in [6, 6.07) is 6.43. The fraction of sp³-hybridized carbons (Fsp3) is 0.429. The Morgan fingerprint density at radius 3 is 2.43 bits per heavy atom. The fourth-order valence-corrected chi connectivity index (χ4v) is 4.21. The van der Waals surface area contributed by atoms with Gasteiger partial charge in [-0.15, -0.1) is 5.10 Å². The first-order chi connectivity index (χ1) is 11.0. The molecule has 0 saturated carbocycles. The van der Waals surface area contributed by atoms with E-state index < -0.39 is 10.0 Å². The molecule has 3 rings (SSSR count). The van der Waals surface area contributed by atoms with E-state index in [2.05, 4.69) is 15.2 Å². The number of nitrogens with two attached hydrogens (primary N) is 1. The Morgan fingerprint density at radius 2 is 1.91 bits per heavy atom. The highest BCUT2D eigenvalue weighted by Gasteiger charge is 2.31. The van der Waals surface area contributed by atoms with Crippen LogP contribution < -0.4 is 10.5 Å². The van der Waals surface area contributed by atoms with Crippen molar-refractivity contribution in [1.29, 1.82) is 0 Å². The van der Waals surface area contributed by atoms with Crippen LogP contribution in [0.15, 0.2) is 29.2 Å². The number of aromatic nitrogens is 3. The van der Waals surface area contributed by atoms with Gasteiger partial charge >= 0.3 is 0 Å². The molecule has 1 saturated heterocycles. The molecule has 124 valence electrons. The van der Waals surface area contributed by atoms with Crippen molar-refractivity contribution in [1.82, 2.24) is 19.5 Å². The molecule has 0 amide bonds. The van der Waals surface area contributed by atoms with Gasteiger partial charge in [-0.25, -0.2) is 8.42 Å². The average Bonchev–Trinajstić information content (AvgIpc) is 3.01. The molecule has 1 aliphatic rings. The SMILES string of the molecule is COc1ccc(S(=O)(=O)N2CCC(c3nc(N)n[nH]3)CC2)cc1. The van der Waals surface area contributed by atoms with Gasteiger partial charge in [-0.05, 0) is 37.1 Å². The zero-order valence-electron chi connectivity index (χ0n) is 12.8. The van der Waals surface area contributed by atoms with Gasteiger partial charge in [0, 0.05) is 19.0 Å². The molecule has 23 heavy (non-hydrogen) atoms. The van der Waals surface area contributed by atoms with Crippen LogP contribution in [-0.2, 0) is 10.0 Å². The first-order valence-corrected chi connectivity index (χ1v) is 8.76. The number of methoxy groups -OCH3 is 1. The van der Waals surface area contributed by atoms with Crippen LogP contribution in [0.4, 0.5) is 5.95 Å². The number of rotatable bonds is 4. The Hall–Kier alpha value is -2.13. The third-order valence-corrected chi connectivity index (χ3v) is 5.97. The fourth-order valence-electron chi connectivity index (χ4n) is 2.74. The lowest BCUT2D eigenvalue weighted by Gasteiger charge is -2.30. The van der Waals surface area contributed by atoms with Gasteiger partial charge in [-0.1, -0.05) is 0 Å². The van der Waals surface area contributed by atoms with E-state index in [0.29, 0.717) is 31.7 Å². The molecule has 0 radical (unpaired) electrons. The lowest BCUT2D eigenvalue weighted by molar-refractivity contribution is 0.314. The molecular weight excluding hydrogens is 318 g/mol. The largest absolute Gasteiger partial charge is 0.497 e. The van der Waals surface area contributed by atoms with Crippen molar-refractivity contribution < 1.29 is 13.2 Å². The lowest BCUT2D eigenvalue weighted by Crippen LogP contribution is -2.38. The minimum atomic E-state index is -3.48. The number of piperidine rings is 1. The molecule has 2 aromatic rings. The number of nitrogens with zero attached hydrogens (tertiary/aromatic N) is 3. The van der Waals surface area contributed by atoms with Crippen LogP contribution in [0.25, 0.3) is 0 Å². The summed E-state index contributed by atoms with van der Waals surface area (Å²) < 4.78 is 31.9. The van der Waals surface area contributed by atoms with Gasteiger partial charge < -0.3 is 10.5 Å². The zero-order chi connectivity index (χ0) is 16.4. The van der Waals surface area contributed by atoms with Crippen molar-refractivity contribution in [3.05, 3.63) is 30.1 Å². The van der Waals surface area contributed by atoms with E-state index in [9.17, 15) is 8.42 Å². The van der Waals surface area contributed by atoms with Crippen molar-refractivity contribution >= 4 is 16.0 Å². The Bertz CT molecular complexity index is 764. The molecule has 1 aliphatic heterocycles. The van der Waals surface area contributed by atoms with E-state index in [1.807, 2.05) is 0 Å². The molecule has 1 fully saturated rings. The Kier molecular flexibility index (Phi) is 4.22. The number of anilines is 1. The number of hydrogen-bond donors (Lipinski definition) is 2. The Labute approximate surface area is 134 Å². The van der Waals surface area contributed by atoms with Gasteiger partial charge in [0.05, 0.1) is 12.0 Å². The number of nitrogens with one attached hydrogen (secondary N) is 1. The summed E-state index contributed by atoms with van der Waals surface area (Å²) in [6.07, 6.45) is 1.37. The van der Waals surface area contributed by atoms with Crippen molar-refractivity contribution in [3.8, 4) is 5.75 Å². The van der Waals surface area contributed by atoms with E-state index in [1.165, 1.54) is 4.31 Å². The molecule has 0 atom stereocenters. The zero-order valence-corrected chi connectivity index (χ0v) is 13.6. The van der Waals surface area contributed by atoms with Crippen molar-refractivity contribution in [2.75, 3.05) is 25.9 Å². The van der Waals surface area contributed by atoms with Crippen LogP contribution in [0.3, 0.4) is 0 Å². The van der Waals surface area contributed by atoms with Crippen molar-refractivity contribution in [2.45, 2.75) is 23.7 Å².